The molecule has 1 N–H and O–H groups in total. The standard InChI is InChI=1S/C8H7FN2O/c1-12-8-7(9)5-2-3-10-6(5)4-11-8/h2-4,10H,1H3. The Morgan fingerprint density at radius 2 is 2.42 bits per heavy atom. The molecule has 0 aromatic carbocycles. The lowest BCUT2D eigenvalue weighted by atomic mass is 10.3. The van der Waals surface area contributed by atoms with Gasteiger partial charge in [-0.2, -0.15) is 0 Å². The summed E-state index contributed by atoms with van der Waals surface area (Å²) in [5.41, 5.74) is 0.674. The van der Waals surface area contributed by atoms with E-state index in [0.29, 0.717) is 10.9 Å². The fraction of sp³-hybridized carbons (Fsp3) is 0.125. The van der Waals surface area contributed by atoms with E-state index in [4.69, 9.17) is 4.74 Å². The van der Waals surface area contributed by atoms with Gasteiger partial charge in [0, 0.05) is 11.6 Å². The molecule has 0 unspecified atom stereocenters. The van der Waals surface area contributed by atoms with Crippen LogP contribution in [0.3, 0.4) is 0 Å². The third kappa shape index (κ3) is 0.845. The topological polar surface area (TPSA) is 37.9 Å². The van der Waals surface area contributed by atoms with Crippen LogP contribution in [-0.4, -0.2) is 17.1 Å². The minimum absolute atomic E-state index is 0.0297. The fourth-order valence-corrected chi connectivity index (χ4v) is 1.12. The van der Waals surface area contributed by atoms with Gasteiger partial charge < -0.3 is 9.72 Å². The zero-order valence-corrected chi connectivity index (χ0v) is 6.47. The molecule has 3 nitrogen and oxygen atoms in total. The zero-order valence-electron chi connectivity index (χ0n) is 6.47. The Morgan fingerprint density at radius 1 is 1.58 bits per heavy atom. The Kier molecular flexibility index (Phi) is 1.46. The van der Waals surface area contributed by atoms with E-state index in [1.165, 1.54) is 13.3 Å². The van der Waals surface area contributed by atoms with Crippen molar-refractivity contribution in [3.63, 3.8) is 0 Å². The van der Waals surface area contributed by atoms with Gasteiger partial charge in [-0.1, -0.05) is 0 Å². The van der Waals surface area contributed by atoms with Crippen LogP contribution in [0.25, 0.3) is 10.9 Å². The predicted octanol–water partition coefficient (Wildman–Crippen LogP) is 1.71. The molecule has 0 saturated heterocycles. The summed E-state index contributed by atoms with van der Waals surface area (Å²) in [7, 11) is 1.39. The van der Waals surface area contributed by atoms with Gasteiger partial charge in [-0.15, -0.1) is 0 Å². The van der Waals surface area contributed by atoms with Crippen LogP contribution < -0.4 is 4.74 Å². The monoisotopic (exact) mass is 166 g/mol. The van der Waals surface area contributed by atoms with Gasteiger partial charge in [0.1, 0.15) is 0 Å². The lowest BCUT2D eigenvalue weighted by Gasteiger charge is -1.99. The molecule has 2 heterocycles. The number of hydrogen-bond donors (Lipinski definition) is 1. The maximum absolute atomic E-state index is 13.3. The average molecular weight is 166 g/mol. The van der Waals surface area contributed by atoms with Crippen LogP contribution in [0.5, 0.6) is 5.88 Å². The zero-order chi connectivity index (χ0) is 8.55. The number of fused-ring (bicyclic) bond motifs is 1. The lowest BCUT2D eigenvalue weighted by Crippen LogP contribution is -1.91. The first-order valence-electron chi connectivity index (χ1n) is 3.48. The van der Waals surface area contributed by atoms with Crippen LogP contribution in [0.4, 0.5) is 4.39 Å². The number of hydrogen-bond acceptors (Lipinski definition) is 2. The Labute approximate surface area is 68.2 Å². The molecule has 0 bridgehead atoms. The van der Waals surface area contributed by atoms with Gasteiger partial charge in [0.25, 0.3) is 5.88 Å². The number of nitrogens with zero attached hydrogens (tertiary/aromatic N) is 1. The van der Waals surface area contributed by atoms with Crippen molar-refractivity contribution in [1.82, 2.24) is 9.97 Å². The first-order chi connectivity index (χ1) is 5.83. The third-order valence-electron chi connectivity index (χ3n) is 1.71. The van der Waals surface area contributed by atoms with Gasteiger partial charge in [-0.3, -0.25) is 0 Å². The summed E-state index contributed by atoms with van der Waals surface area (Å²) in [6.45, 7) is 0. The van der Waals surface area contributed by atoms with E-state index in [9.17, 15) is 4.39 Å². The van der Waals surface area contributed by atoms with Crippen molar-refractivity contribution in [3.8, 4) is 5.88 Å². The Hall–Kier alpha value is -1.58. The highest BCUT2D eigenvalue weighted by Gasteiger charge is 2.08. The highest BCUT2D eigenvalue weighted by molar-refractivity contribution is 5.80. The van der Waals surface area contributed by atoms with Crippen molar-refractivity contribution in [2.24, 2.45) is 0 Å². The molecular weight excluding hydrogens is 159 g/mol. The average Bonchev–Trinajstić information content (AvgIpc) is 2.53. The fourth-order valence-electron chi connectivity index (χ4n) is 1.12. The Bertz CT molecular complexity index is 410. The Morgan fingerprint density at radius 3 is 3.17 bits per heavy atom. The maximum atomic E-state index is 13.3. The van der Waals surface area contributed by atoms with E-state index in [1.807, 2.05) is 0 Å². The third-order valence-corrected chi connectivity index (χ3v) is 1.71. The number of halogens is 1. The number of aromatic nitrogens is 2. The number of rotatable bonds is 1. The smallest absolute Gasteiger partial charge is 0.250 e. The maximum Gasteiger partial charge on any atom is 0.250 e. The van der Waals surface area contributed by atoms with Crippen molar-refractivity contribution in [1.29, 1.82) is 0 Å². The van der Waals surface area contributed by atoms with E-state index in [0.717, 1.165) is 0 Å². The van der Waals surface area contributed by atoms with Gasteiger partial charge >= 0.3 is 0 Å². The molecule has 0 fully saturated rings. The predicted molar refractivity (Wildman–Crippen MR) is 42.6 cm³/mol. The summed E-state index contributed by atoms with van der Waals surface area (Å²) < 4.78 is 18.0. The van der Waals surface area contributed by atoms with Crippen molar-refractivity contribution < 1.29 is 9.13 Å². The SMILES string of the molecule is COc1ncc2[nH]ccc2c1F. The van der Waals surface area contributed by atoms with Gasteiger partial charge in [0.2, 0.25) is 0 Å². The first-order valence-corrected chi connectivity index (χ1v) is 3.48. The van der Waals surface area contributed by atoms with Gasteiger partial charge in [-0.05, 0) is 6.07 Å². The number of aromatic amines is 1. The van der Waals surface area contributed by atoms with Crippen molar-refractivity contribution in [2.45, 2.75) is 0 Å². The van der Waals surface area contributed by atoms with Crippen LogP contribution in [0.1, 0.15) is 0 Å². The number of methoxy groups -OCH3 is 1. The minimum Gasteiger partial charge on any atom is -0.479 e. The first kappa shape index (κ1) is 7.09. The van der Waals surface area contributed by atoms with Gasteiger partial charge in [0.05, 0.1) is 18.8 Å². The molecule has 0 atom stereocenters. The molecule has 0 spiro atoms. The number of pyridine rings is 1. The molecule has 2 aromatic rings. The van der Waals surface area contributed by atoms with Gasteiger partial charge in [-0.25, -0.2) is 9.37 Å². The number of H-pyrrole nitrogens is 1. The molecule has 2 aromatic heterocycles. The lowest BCUT2D eigenvalue weighted by molar-refractivity contribution is 0.372. The molecule has 4 heteroatoms. The van der Waals surface area contributed by atoms with Crippen LogP contribution in [0, 0.1) is 5.82 Å². The van der Waals surface area contributed by atoms with E-state index < -0.39 is 5.82 Å². The van der Waals surface area contributed by atoms with E-state index in [2.05, 4.69) is 9.97 Å². The Balaban J connectivity index is 2.78. The minimum atomic E-state index is -0.420. The van der Waals surface area contributed by atoms with Crippen LogP contribution in [0.15, 0.2) is 18.5 Å². The summed E-state index contributed by atoms with van der Waals surface area (Å²) in [6, 6.07) is 1.65. The summed E-state index contributed by atoms with van der Waals surface area (Å²) in [5.74, 6) is -0.390. The molecular formula is C8H7FN2O. The van der Waals surface area contributed by atoms with Gasteiger partial charge in [0.15, 0.2) is 5.82 Å². The van der Waals surface area contributed by atoms with E-state index >= 15 is 0 Å². The van der Waals surface area contributed by atoms with E-state index in [1.54, 1.807) is 12.3 Å². The molecule has 0 radical (unpaired) electrons. The van der Waals surface area contributed by atoms with Crippen molar-refractivity contribution in [3.05, 3.63) is 24.3 Å². The molecule has 0 aliphatic carbocycles. The molecule has 0 amide bonds. The molecule has 2 rings (SSSR count). The highest BCUT2D eigenvalue weighted by atomic mass is 19.1. The summed E-state index contributed by atoms with van der Waals surface area (Å²) in [4.78, 5) is 6.62. The van der Waals surface area contributed by atoms with Crippen LogP contribution in [-0.2, 0) is 0 Å². The van der Waals surface area contributed by atoms with E-state index in [-0.39, 0.29) is 5.88 Å². The van der Waals surface area contributed by atoms with Crippen molar-refractivity contribution >= 4 is 10.9 Å². The normalized spacial score (nSPS) is 10.5. The summed E-state index contributed by atoms with van der Waals surface area (Å²) in [6.07, 6.45) is 3.20. The second-order valence-electron chi connectivity index (χ2n) is 2.39. The second-order valence-corrected chi connectivity index (χ2v) is 2.39. The second kappa shape index (κ2) is 2.48. The summed E-state index contributed by atoms with van der Waals surface area (Å²) >= 11 is 0. The summed E-state index contributed by atoms with van der Waals surface area (Å²) in [5, 5.41) is 0.502. The molecule has 0 saturated carbocycles. The quantitative estimate of drug-likeness (QED) is 0.700. The van der Waals surface area contributed by atoms with Crippen LogP contribution >= 0.6 is 0 Å². The highest BCUT2D eigenvalue weighted by Crippen LogP contribution is 2.21. The number of nitrogens with one attached hydrogen (secondary N) is 1. The molecule has 0 aliphatic rings. The molecule has 12 heavy (non-hydrogen) atoms. The largest absolute Gasteiger partial charge is 0.479 e. The number of ether oxygens (including phenoxy) is 1. The van der Waals surface area contributed by atoms with Crippen molar-refractivity contribution in [2.75, 3.05) is 7.11 Å². The molecule has 0 aliphatic heterocycles. The molecule has 62 valence electrons. The van der Waals surface area contributed by atoms with Crippen LogP contribution in [0.2, 0.25) is 0 Å².